The lowest BCUT2D eigenvalue weighted by Crippen LogP contribution is -2.29. The summed E-state index contributed by atoms with van der Waals surface area (Å²) >= 11 is 5.05. The third-order valence-corrected chi connectivity index (χ3v) is 7.08. The van der Waals surface area contributed by atoms with Crippen LogP contribution in [0.2, 0.25) is 0 Å². The van der Waals surface area contributed by atoms with Gasteiger partial charge in [-0.2, -0.15) is 5.10 Å². The Kier molecular flexibility index (Phi) is 4.97. The summed E-state index contributed by atoms with van der Waals surface area (Å²) in [7, 11) is -2.02. The van der Waals surface area contributed by atoms with Gasteiger partial charge in [-0.05, 0) is 48.5 Å². The Bertz CT molecular complexity index is 1250. The molecule has 0 saturated carbocycles. The Labute approximate surface area is 173 Å². The number of nitrogens with zero attached hydrogens (tertiary/aromatic N) is 3. The minimum absolute atomic E-state index is 0.0834. The van der Waals surface area contributed by atoms with E-state index >= 15 is 0 Å². The Morgan fingerprint density at radius 3 is 2.79 bits per heavy atom. The fourth-order valence-electron chi connectivity index (χ4n) is 3.28. The van der Waals surface area contributed by atoms with Gasteiger partial charge in [-0.1, -0.05) is 24.3 Å². The average Bonchev–Trinajstić information content (AvgIpc) is 3.30. The van der Waals surface area contributed by atoms with Crippen LogP contribution in [0.5, 0.6) is 0 Å². The monoisotopic (exact) mass is 429 g/mol. The van der Waals surface area contributed by atoms with Crippen LogP contribution in [-0.4, -0.2) is 35.6 Å². The second kappa shape index (κ2) is 7.45. The zero-order valence-corrected chi connectivity index (χ0v) is 17.3. The molecule has 2 N–H and O–H groups in total. The van der Waals surface area contributed by atoms with E-state index in [0.29, 0.717) is 29.2 Å². The number of para-hydroxylation sites is 1. The van der Waals surface area contributed by atoms with E-state index in [2.05, 4.69) is 15.5 Å². The highest BCUT2D eigenvalue weighted by molar-refractivity contribution is 7.92. The van der Waals surface area contributed by atoms with E-state index < -0.39 is 15.9 Å². The van der Waals surface area contributed by atoms with Crippen molar-refractivity contribution in [2.45, 2.75) is 17.9 Å². The number of carbonyl (C=O) groups excluding carboxylic acids is 1. The summed E-state index contributed by atoms with van der Waals surface area (Å²) in [5.41, 5.74) is 1.95. The minimum atomic E-state index is -3.76. The quantitative estimate of drug-likeness (QED) is 0.606. The molecule has 2 aromatic carbocycles. The largest absolute Gasteiger partial charge is 0.345 e. The van der Waals surface area contributed by atoms with Crippen LogP contribution in [0.15, 0.2) is 53.4 Å². The van der Waals surface area contributed by atoms with E-state index in [4.69, 9.17) is 12.2 Å². The van der Waals surface area contributed by atoms with Gasteiger partial charge >= 0.3 is 0 Å². The number of hydrogen-bond acceptors (Lipinski definition) is 5. The molecule has 3 aromatic rings. The molecule has 29 heavy (non-hydrogen) atoms. The van der Waals surface area contributed by atoms with Crippen LogP contribution in [0.3, 0.4) is 0 Å². The van der Waals surface area contributed by atoms with Gasteiger partial charge < -0.3 is 9.88 Å². The summed E-state index contributed by atoms with van der Waals surface area (Å²) in [5.74, 6) is 0.179. The molecule has 2 heterocycles. The summed E-state index contributed by atoms with van der Waals surface area (Å²) in [5, 5.41) is 9.42. The highest BCUT2D eigenvalue weighted by Crippen LogP contribution is 2.32. The van der Waals surface area contributed by atoms with Crippen LogP contribution in [0.25, 0.3) is 0 Å². The molecule has 0 radical (unpaired) electrons. The molecule has 150 valence electrons. The fourth-order valence-corrected chi connectivity index (χ4v) is 4.98. The molecule has 0 spiro atoms. The lowest BCUT2D eigenvalue weighted by Gasteiger charge is -2.20. The smallest absolute Gasteiger partial charge is 0.264 e. The summed E-state index contributed by atoms with van der Waals surface area (Å²) in [6.07, 6.45) is 0.668. The summed E-state index contributed by atoms with van der Waals surface area (Å²) in [6, 6.07) is 13.5. The molecule has 4 rings (SSSR count). The van der Waals surface area contributed by atoms with Crippen molar-refractivity contribution in [3.63, 3.8) is 0 Å². The first-order valence-corrected chi connectivity index (χ1v) is 10.8. The van der Waals surface area contributed by atoms with E-state index in [9.17, 15) is 13.2 Å². The Morgan fingerprint density at radius 2 is 2.03 bits per heavy atom. The average molecular weight is 430 g/mol. The minimum Gasteiger partial charge on any atom is -0.345 e. The predicted molar refractivity (Wildman–Crippen MR) is 111 cm³/mol. The number of anilines is 1. The normalized spacial score (nSPS) is 13.3. The molecule has 1 aliphatic rings. The molecule has 1 amide bonds. The maximum absolute atomic E-state index is 13.2. The molecule has 0 saturated heterocycles. The first-order valence-electron chi connectivity index (χ1n) is 8.97. The first-order chi connectivity index (χ1) is 13.9. The van der Waals surface area contributed by atoms with Gasteiger partial charge in [0.2, 0.25) is 0 Å². The number of H-pyrrole nitrogens is 1. The van der Waals surface area contributed by atoms with Gasteiger partial charge in [-0.15, -0.1) is 0 Å². The van der Waals surface area contributed by atoms with Crippen molar-refractivity contribution < 1.29 is 13.2 Å². The molecule has 0 bridgehead atoms. The van der Waals surface area contributed by atoms with E-state index in [1.165, 1.54) is 16.4 Å². The maximum Gasteiger partial charge on any atom is 0.264 e. The molecule has 0 aliphatic carbocycles. The van der Waals surface area contributed by atoms with Gasteiger partial charge in [0.15, 0.2) is 10.6 Å². The molecular weight excluding hydrogens is 410 g/mol. The van der Waals surface area contributed by atoms with Gasteiger partial charge in [0, 0.05) is 19.2 Å². The predicted octanol–water partition coefficient (Wildman–Crippen LogP) is 2.16. The SMILES string of the molecule is Cn1c(CNC(=O)c2cccc(S(=O)(=O)N3CCc4ccccc43)c2)n[nH]c1=S. The number of hydrogen-bond donors (Lipinski definition) is 2. The third-order valence-electron chi connectivity index (χ3n) is 4.91. The van der Waals surface area contributed by atoms with E-state index in [0.717, 1.165) is 5.56 Å². The molecule has 0 atom stereocenters. The Hall–Kier alpha value is -2.98. The van der Waals surface area contributed by atoms with Gasteiger partial charge in [-0.25, -0.2) is 8.42 Å². The summed E-state index contributed by atoms with van der Waals surface area (Å²) in [4.78, 5) is 12.6. The second-order valence-corrected chi connectivity index (χ2v) is 8.92. The Morgan fingerprint density at radius 1 is 1.24 bits per heavy atom. The highest BCUT2D eigenvalue weighted by Gasteiger charge is 2.30. The molecular formula is C19H19N5O3S2. The van der Waals surface area contributed by atoms with Crippen LogP contribution in [0.4, 0.5) is 5.69 Å². The molecule has 1 aromatic heterocycles. The molecule has 0 unspecified atom stereocenters. The van der Waals surface area contributed by atoms with Crippen molar-refractivity contribution in [3.8, 4) is 0 Å². The van der Waals surface area contributed by atoms with Crippen molar-refractivity contribution >= 4 is 33.8 Å². The van der Waals surface area contributed by atoms with Crippen molar-refractivity contribution in [1.82, 2.24) is 20.1 Å². The van der Waals surface area contributed by atoms with Gasteiger partial charge in [-0.3, -0.25) is 14.2 Å². The number of rotatable bonds is 5. The summed E-state index contributed by atoms with van der Waals surface area (Å²) < 4.78 is 29.8. The number of aromatic amines is 1. The topological polar surface area (TPSA) is 100 Å². The summed E-state index contributed by atoms with van der Waals surface area (Å²) in [6.45, 7) is 0.552. The number of carbonyl (C=O) groups is 1. The van der Waals surface area contributed by atoms with Crippen molar-refractivity contribution in [2.75, 3.05) is 10.8 Å². The Balaban J connectivity index is 1.56. The van der Waals surface area contributed by atoms with Gasteiger partial charge in [0.1, 0.15) is 0 Å². The lowest BCUT2D eigenvalue weighted by atomic mass is 10.2. The number of amides is 1. The van der Waals surface area contributed by atoms with E-state index in [1.807, 2.05) is 18.2 Å². The third kappa shape index (κ3) is 3.56. The maximum atomic E-state index is 13.2. The fraction of sp³-hybridized carbons (Fsp3) is 0.211. The van der Waals surface area contributed by atoms with E-state index in [1.54, 1.807) is 29.8 Å². The number of sulfonamides is 1. The lowest BCUT2D eigenvalue weighted by molar-refractivity contribution is 0.0949. The molecule has 10 heteroatoms. The van der Waals surface area contributed by atoms with Crippen LogP contribution in [-0.2, 0) is 30.0 Å². The number of benzene rings is 2. The van der Waals surface area contributed by atoms with Crippen LogP contribution in [0, 0.1) is 4.77 Å². The van der Waals surface area contributed by atoms with Gasteiger partial charge in [0.25, 0.3) is 15.9 Å². The van der Waals surface area contributed by atoms with E-state index in [-0.39, 0.29) is 17.0 Å². The zero-order chi connectivity index (χ0) is 20.6. The zero-order valence-electron chi connectivity index (χ0n) is 15.6. The van der Waals surface area contributed by atoms with Crippen LogP contribution < -0.4 is 9.62 Å². The van der Waals surface area contributed by atoms with Crippen molar-refractivity contribution in [3.05, 3.63) is 70.3 Å². The highest BCUT2D eigenvalue weighted by atomic mass is 32.2. The van der Waals surface area contributed by atoms with Crippen molar-refractivity contribution in [1.29, 1.82) is 0 Å². The second-order valence-electron chi connectivity index (χ2n) is 6.67. The van der Waals surface area contributed by atoms with Crippen LogP contribution in [0.1, 0.15) is 21.7 Å². The molecule has 0 fully saturated rings. The van der Waals surface area contributed by atoms with Crippen LogP contribution >= 0.6 is 12.2 Å². The number of fused-ring (bicyclic) bond motifs is 1. The molecule has 8 nitrogen and oxygen atoms in total. The first kappa shape index (κ1) is 19.3. The number of nitrogens with one attached hydrogen (secondary N) is 2. The standard InChI is InChI=1S/C19H19N5O3S2/c1-23-17(21-22-19(23)28)12-20-18(25)14-6-4-7-15(11-14)29(26,27)24-10-9-13-5-2-3-8-16(13)24/h2-8,11H,9-10,12H2,1H3,(H,20,25)(H,22,28). The molecule has 1 aliphatic heterocycles. The van der Waals surface area contributed by atoms with Gasteiger partial charge in [0.05, 0.1) is 17.1 Å². The number of aromatic nitrogens is 3. The van der Waals surface area contributed by atoms with Crippen molar-refractivity contribution in [2.24, 2.45) is 7.05 Å².